The third kappa shape index (κ3) is 4.25. The quantitative estimate of drug-likeness (QED) is 0.582. The number of hydrogen-bond donors (Lipinski definition) is 2. The monoisotopic (exact) mass is 406 g/mol. The summed E-state index contributed by atoms with van der Waals surface area (Å²) < 4.78 is 10.5. The van der Waals surface area contributed by atoms with Gasteiger partial charge in [-0.25, -0.2) is 4.79 Å². The van der Waals surface area contributed by atoms with Gasteiger partial charge in [0.05, 0.1) is 12.5 Å². The van der Waals surface area contributed by atoms with Gasteiger partial charge in [-0.3, -0.25) is 14.9 Å². The molecule has 0 saturated carbocycles. The van der Waals surface area contributed by atoms with Crippen molar-refractivity contribution in [3.63, 3.8) is 0 Å². The second-order valence-corrected chi connectivity index (χ2v) is 6.57. The third-order valence-corrected chi connectivity index (χ3v) is 4.57. The van der Waals surface area contributed by atoms with Crippen LogP contribution in [0, 0.1) is 6.92 Å². The first-order chi connectivity index (χ1) is 14.4. The largest absolute Gasteiger partial charge is 0.462 e. The lowest BCUT2D eigenvalue weighted by atomic mass is 9.90. The van der Waals surface area contributed by atoms with Gasteiger partial charge in [-0.2, -0.15) is 0 Å². The zero-order valence-electron chi connectivity index (χ0n) is 16.7. The van der Waals surface area contributed by atoms with E-state index in [9.17, 15) is 14.4 Å². The number of anilines is 1. The average Bonchev–Trinajstić information content (AvgIpc) is 3.06. The molecule has 0 aliphatic rings. The Balaban J connectivity index is 2.02. The third-order valence-electron chi connectivity index (χ3n) is 4.57. The molecule has 0 fully saturated rings. The Labute approximate surface area is 173 Å². The van der Waals surface area contributed by atoms with Gasteiger partial charge < -0.3 is 14.9 Å². The highest BCUT2D eigenvalue weighted by molar-refractivity contribution is 6.11. The van der Waals surface area contributed by atoms with Crippen LogP contribution in [0.2, 0.25) is 0 Å². The van der Waals surface area contributed by atoms with Gasteiger partial charge in [-0.15, -0.1) is 0 Å². The summed E-state index contributed by atoms with van der Waals surface area (Å²) in [5, 5.41) is 2.63. The van der Waals surface area contributed by atoms with Crippen molar-refractivity contribution in [2.24, 2.45) is 5.73 Å². The fourth-order valence-electron chi connectivity index (χ4n) is 3.29. The highest BCUT2D eigenvalue weighted by Crippen LogP contribution is 2.31. The van der Waals surface area contributed by atoms with Gasteiger partial charge in [-0.05, 0) is 25.0 Å². The normalized spacial score (nSPS) is 10.6. The van der Waals surface area contributed by atoms with Gasteiger partial charge in [0.15, 0.2) is 0 Å². The zero-order chi connectivity index (χ0) is 21.7. The molecule has 3 N–H and O–H groups in total. The summed E-state index contributed by atoms with van der Waals surface area (Å²) in [5.74, 6) is -2.78. The van der Waals surface area contributed by atoms with Gasteiger partial charge in [-0.1, -0.05) is 60.7 Å². The lowest BCUT2D eigenvalue weighted by molar-refractivity contribution is -0.116. The maximum Gasteiger partial charge on any atom is 0.342 e. The minimum Gasteiger partial charge on any atom is -0.462 e. The fourth-order valence-corrected chi connectivity index (χ4v) is 3.29. The first-order valence-corrected chi connectivity index (χ1v) is 9.45. The molecule has 0 spiro atoms. The molecule has 0 radical (unpaired) electrons. The van der Waals surface area contributed by atoms with Crippen molar-refractivity contribution in [1.29, 1.82) is 0 Å². The van der Waals surface area contributed by atoms with E-state index in [1.54, 1.807) is 6.92 Å². The van der Waals surface area contributed by atoms with E-state index in [4.69, 9.17) is 14.9 Å². The predicted octanol–water partition coefficient (Wildman–Crippen LogP) is 3.63. The summed E-state index contributed by atoms with van der Waals surface area (Å²) in [6.45, 7) is 3.26. The summed E-state index contributed by atoms with van der Waals surface area (Å²) >= 11 is 0. The van der Waals surface area contributed by atoms with Gasteiger partial charge in [0.1, 0.15) is 16.9 Å². The molecule has 0 aliphatic heterocycles. The molecule has 2 amide bonds. The number of esters is 1. The van der Waals surface area contributed by atoms with Gasteiger partial charge >= 0.3 is 5.97 Å². The number of rotatable bonds is 7. The molecule has 30 heavy (non-hydrogen) atoms. The number of nitrogens with one attached hydrogen (secondary N) is 1. The topological polar surface area (TPSA) is 112 Å². The number of carbonyl (C=O) groups excluding carboxylic acids is 3. The van der Waals surface area contributed by atoms with E-state index in [1.807, 2.05) is 60.7 Å². The molecule has 7 nitrogen and oxygen atoms in total. The van der Waals surface area contributed by atoms with Crippen molar-refractivity contribution in [3.8, 4) is 0 Å². The smallest absolute Gasteiger partial charge is 0.342 e. The van der Waals surface area contributed by atoms with Crippen LogP contribution in [0.3, 0.4) is 0 Å². The van der Waals surface area contributed by atoms with Crippen molar-refractivity contribution in [2.75, 3.05) is 11.9 Å². The minimum atomic E-state index is -0.902. The molecule has 0 atom stereocenters. The lowest BCUT2D eigenvalue weighted by Crippen LogP contribution is -2.24. The molecule has 7 heteroatoms. The highest BCUT2D eigenvalue weighted by atomic mass is 16.5. The second-order valence-electron chi connectivity index (χ2n) is 6.57. The lowest BCUT2D eigenvalue weighted by Gasteiger charge is -2.17. The van der Waals surface area contributed by atoms with Crippen molar-refractivity contribution < 1.29 is 23.5 Å². The molecule has 0 saturated heterocycles. The Bertz CT molecular complexity index is 1020. The van der Waals surface area contributed by atoms with Gasteiger partial charge in [0.25, 0.3) is 5.91 Å². The summed E-state index contributed by atoms with van der Waals surface area (Å²) in [4.78, 5) is 37.6. The van der Waals surface area contributed by atoms with Crippen molar-refractivity contribution >= 4 is 23.7 Å². The number of hydrogen-bond acceptors (Lipinski definition) is 5. The van der Waals surface area contributed by atoms with E-state index < -0.39 is 23.7 Å². The van der Waals surface area contributed by atoms with Crippen LogP contribution in [0.25, 0.3) is 0 Å². The maximum absolute atomic E-state index is 13.3. The molecule has 0 aliphatic carbocycles. The Kier molecular flexibility index (Phi) is 6.32. The van der Waals surface area contributed by atoms with Crippen LogP contribution in [-0.4, -0.2) is 24.4 Å². The van der Waals surface area contributed by atoms with Crippen molar-refractivity contribution in [3.05, 3.63) is 88.7 Å². The van der Waals surface area contributed by atoms with E-state index in [0.29, 0.717) is 0 Å². The molecule has 154 valence electrons. The minimum absolute atomic E-state index is 0.0874. The Morgan fingerprint density at radius 1 is 0.967 bits per heavy atom. The standard InChI is InChI=1S/C23H22N2O5/c1-3-29-23(28)17-14(2)30-22(19(17)20(24)26)25-21(27)18(15-10-6-4-7-11-15)16-12-8-5-9-13-16/h4-13,18H,3H2,1-2H3,(H2,24,26)(H,25,27). The maximum atomic E-state index is 13.3. The van der Waals surface area contributed by atoms with Crippen molar-refractivity contribution in [2.45, 2.75) is 19.8 Å². The van der Waals surface area contributed by atoms with Crippen LogP contribution in [0.1, 0.15) is 50.4 Å². The molecule has 0 bridgehead atoms. The molecule has 1 heterocycles. The van der Waals surface area contributed by atoms with Crippen LogP contribution in [0.5, 0.6) is 0 Å². The number of primary amides is 1. The van der Waals surface area contributed by atoms with Crippen molar-refractivity contribution in [1.82, 2.24) is 0 Å². The van der Waals surface area contributed by atoms with Crippen LogP contribution < -0.4 is 11.1 Å². The summed E-state index contributed by atoms with van der Waals surface area (Å²) in [7, 11) is 0. The van der Waals surface area contributed by atoms with Gasteiger partial charge in [0, 0.05) is 0 Å². The summed E-state index contributed by atoms with van der Waals surface area (Å²) in [6.07, 6.45) is 0. The van der Waals surface area contributed by atoms with Crippen LogP contribution in [-0.2, 0) is 9.53 Å². The Morgan fingerprint density at radius 3 is 1.97 bits per heavy atom. The first-order valence-electron chi connectivity index (χ1n) is 9.45. The Hall–Kier alpha value is -3.87. The number of amides is 2. The van der Waals surface area contributed by atoms with E-state index in [1.165, 1.54) is 6.92 Å². The zero-order valence-corrected chi connectivity index (χ0v) is 16.7. The number of ether oxygens (including phenoxy) is 1. The SMILES string of the molecule is CCOC(=O)c1c(C)oc(NC(=O)C(c2ccccc2)c2ccccc2)c1C(N)=O. The first kappa shape index (κ1) is 20.9. The second kappa shape index (κ2) is 9.09. The number of benzene rings is 2. The fraction of sp³-hybridized carbons (Fsp3) is 0.174. The average molecular weight is 406 g/mol. The number of nitrogens with two attached hydrogens (primary N) is 1. The molecular weight excluding hydrogens is 384 g/mol. The van der Waals surface area contributed by atoms with E-state index in [-0.39, 0.29) is 29.4 Å². The summed E-state index contributed by atoms with van der Waals surface area (Å²) in [5.41, 5.74) is 6.70. The molecule has 2 aromatic carbocycles. The molecule has 3 rings (SSSR count). The Morgan fingerprint density at radius 2 is 1.50 bits per heavy atom. The number of carbonyl (C=O) groups is 3. The van der Waals surface area contributed by atoms with Crippen LogP contribution in [0.15, 0.2) is 65.1 Å². The highest BCUT2D eigenvalue weighted by Gasteiger charge is 2.31. The number of aryl methyl sites for hydroxylation is 1. The molecule has 0 unspecified atom stereocenters. The van der Waals surface area contributed by atoms with E-state index in [2.05, 4.69) is 5.32 Å². The summed E-state index contributed by atoms with van der Waals surface area (Å²) in [6, 6.07) is 18.4. The molecular formula is C23H22N2O5. The molecule has 3 aromatic rings. The molecule has 1 aromatic heterocycles. The predicted molar refractivity (Wildman–Crippen MR) is 111 cm³/mol. The number of furan rings is 1. The van der Waals surface area contributed by atoms with Crippen LogP contribution in [0.4, 0.5) is 5.88 Å². The van der Waals surface area contributed by atoms with E-state index >= 15 is 0 Å². The van der Waals surface area contributed by atoms with Gasteiger partial charge in [0.2, 0.25) is 11.8 Å². The van der Waals surface area contributed by atoms with E-state index in [0.717, 1.165) is 11.1 Å². The van der Waals surface area contributed by atoms with Crippen LogP contribution >= 0.6 is 0 Å².